The highest BCUT2D eigenvalue weighted by Crippen LogP contribution is 2.32. The Bertz CT molecular complexity index is 833. The second-order valence-electron chi connectivity index (χ2n) is 6.79. The number of esters is 1. The number of anilines is 2. The summed E-state index contributed by atoms with van der Waals surface area (Å²) in [5, 5.41) is 5.99. The number of aromatic nitrogens is 2. The van der Waals surface area contributed by atoms with E-state index in [9.17, 15) is 9.59 Å². The van der Waals surface area contributed by atoms with E-state index in [1.54, 1.807) is 12.3 Å². The second-order valence-corrected chi connectivity index (χ2v) is 6.79. The molecule has 2 bridgehead atoms. The average molecular weight is 371 g/mol. The van der Waals surface area contributed by atoms with Crippen LogP contribution in [0.5, 0.6) is 0 Å². The summed E-state index contributed by atoms with van der Waals surface area (Å²) in [6.45, 7) is 1.95. The first-order chi connectivity index (χ1) is 13.0. The van der Waals surface area contributed by atoms with Gasteiger partial charge in [-0.25, -0.2) is 4.98 Å². The van der Waals surface area contributed by atoms with E-state index in [-0.39, 0.29) is 30.4 Å². The van der Waals surface area contributed by atoms with Crippen molar-refractivity contribution in [3.8, 4) is 11.3 Å². The van der Waals surface area contributed by atoms with Crippen LogP contribution < -0.4 is 16.4 Å². The van der Waals surface area contributed by atoms with Crippen molar-refractivity contribution in [1.29, 1.82) is 0 Å². The van der Waals surface area contributed by atoms with Crippen LogP contribution in [0.3, 0.4) is 0 Å². The van der Waals surface area contributed by atoms with Crippen molar-refractivity contribution in [2.45, 2.75) is 32.2 Å². The number of nitrogens with zero attached hydrogens (tertiary/aromatic N) is 1. The molecule has 0 radical (unpaired) electrons. The number of nitrogens with two attached hydrogens (primary N) is 1. The van der Waals surface area contributed by atoms with Gasteiger partial charge in [0, 0.05) is 23.4 Å². The third kappa shape index (κ3) is 4.46. The molecule has 0 spiro atoms. The summed E-state index contributed by atoms with van der Waals surface area (Å²) in [6.07, 6.45) is 4.17. The monoisotopic (exact) mass is 371 g/mol. The number of methoxy groups -OCH3 is 1. The molecule has 144 valence electrons. The van der Waals surface area contributed by atoms with E-state index in [1.807, 2.05) is 19.1 Å². The molecule has 0 unspecified atom stereocenters. The maximum atomic E-state index is 12.6. The maximum absolute atomic E-state index is 12.6. The Kier molecular flexibility index (Phi) is 5.75. The van der Waals surface area contributed by atoms with E-state index in [0.29, 0.717) is 17.1 Å². The third-order valence-corrected chi connectivity index (χ3v) is 4.77. The molecule has 1 aromatic carbocycles. The van der Waals surface area contributed by atoms with Gasteiger partial charge in [-0.05, 0) is 31.0 Å². The van der Waals surface area contributed by atoms with Crippen molar-refractivity contribution in [1.82, 2.24) is 9.97 Å². The number of aromatic amines is 1. The largest absolute Gasteiger partial charge is 0.468 e. The number of hydrogen-bond donors (Lipinski definition) is 4. The van der Waals surface area contributed by atoms with Crippen LogP contribution >= 0.6 is 0 Å². The van der Waals surface area contributed by atoms with E-state index in [0.717, 1.165) is 30.7 Å². The maximum Gasteiger partial charge on any atom is 0.325 e. The summed E-state index contributed by atoms with van der Waals surface area (Å²) < 4.78 is 4.64. The van der Waals surface area contributed by atoms with E-state index >= 15 is 0 Å². The molecular formula is C19H25N5O3. The zero-order valence-corrected chi connectivity index (χ0v) is 15.5. The van der Waals surface area contributed by atoms with E-state index < -0.39 is 0 Å². The van der Waals surface area contributed by atoms with Gasteiger partial charge in [0.25, 0.3) is 0 Å². The molecule has 1 amide bonds. The summed E-state index contributed by atoms with van der Waals surface area (Å²) in [7, 11) is 1.34. The number of hydrogen-bond acceptors (Lipinski definition) is 6. The molecule has 0 saturated carbocycles. The Balaban J connectivity index is 1.96. The SMILES string of the molecule is COC(=O)CNc1ccc2c(c1)NC(=O)[C@@H](C)CCC[C@H](N)c1nc-2c[nH]1. The summed E-state index contributed by atoms with van der Waals surface area (Å²) in [6, 6.07) is 5.30. The highest BCUT2D eigenvalue weighted by atomic mass is 16.5. The molecular weight excluding hydrogens is 346 g/mol. The summed E-state index contributed by atoms with van der Waals surface area (Å²) >= 11 is 0. The predicted molar refractivity (Wildman–Crippen MR) is 103 cm³/mol. The topological polar surface area (TPSA) is 122 Å². The molecule has 1 aromatic heterocycles. The van der Waals surface area contributed by atoms with Crippen LogP contribution in [0.1, 0.15) is 38.1 Å². The normalized spacial score (nSPS) is 19.9. The fourth-order valence-electron chi connectivity index (χ4n) is 3.06. The van der Waals surface area contributed by atoms with Crippen LogP contribution in [0, 0.1) is 5.92 Å². The van der Waals surface area contributed by atoms with Gasteiger partial charge in [-0.2, -0.15) is 0 Å². The van der Waals surface area contributed by atoms with Gasteiger partial charge in [-0.15, -0.1) is 0 Å². The van der Waals surface area contributed by atoms with E-state index in [2.05, 4.69) is 25.3 Å². The number of H-pyrrole nitrogens is 1. The third-order valence-electron chi connectivity index (χ3n) is 4.77. The standard InChI is InChI=1S/C19H25N5O3/c1-11-4-3-5-14(20)18-22-9-16(23-18)13-7-6-12(21-10-17(25)27-2)8-15(13)24-19(11)26/h6-9,11,14,21H,3-5,10,20H2,1-2H3,(H,22,23)(H,24,26)/t11-,14-/m0/s1. The average Bonchev–Trinajstić information content (AvgIpc) is 3.15. The Labute approximate surface area is 157 Å². The molecule has 1 aliphatic rings. The molecule has 3 rings (SSSR count). The second kappa shape index (κ2) is 8.22. The predicted octanol–water partition coefficient (Wildman–Crippen LogP) is 2.42. The number of carbonyl (C=O) groups is 2. The number of imidazole rings is 1. The van der Waals surface area contributed by atoms with E-state index in [1.165, 1.54) is 7.11 Å². The number of rotatable bonds is 3. The molecule has 8 heteroatoms. The zero-order valence-electron chi connectivity index (χ0n) is 15.5. The van der Waals surface area contributed by atoms with Crippen LogP contribution in [0.15, 0.2) is 24.4 Å². The van der Waals surface area contributed by atoms with Crippen LogP contribution in [-0.4, -0.2) is 35.5 Å². The number of carbonyl (C=O) groups excluding carboxylic acids is 2. The van der Waals surface area contributed by atoms with Crippen molar-refractivity contribution in [3.05, 3.63) is 30.2 Å². The minimum Gasteiger partial charge on any atom is -0.468 e. The Morgan fingerprint density at radius 3 is 3.00 bits per heavy atom. The molecule has 27 heavy (non-hydrogen) atoms. The quantitative estimate of drug-likeness (QED) is 0.615. The van der Waals surface area contributed by atoms with E-state index in [4.69, 9.17) is 5.73 Å². The van der Waals surface area contributed by atoms with Crippen molar-refractivity contribution >= 4 is 23.3 Å². The minimum atomic E-state index is -0.369. The van der Waals surface area contributed by atoms with Gasteiger partial charge in [0.1, 0.15) is 12.4 Å². The zero-order chi connectivity index (χ0) is 19.4. The first kappa shape index (κ1) is 18.9. The van der Waals surface area contributed by atoms with Crippen LogP contribution in [-0.2, 0) is 14.3 Å². The summed E-state index contributed by atoms with van der Waals surface area (Å²) in [5.41, 5.74) is 9.05. The van der Waals surface area contributed by atoms with Crippen LogP contribution in [0.25, 0.3) is 11.3 Å². The van der Waals surface area contributed by atoms with Gasteiger partial charge in [-0.3, -0.25) is 9.59 Å². The fourth-order valence-corrected chi connectivity index (χ4v) is 3.06. The van der Waals surface area contributed by atoms with Crippen molar-refractivity contribution in [3.63, 3.8) is 0 Å². The summed E-state index contributed by atoms with van der Waals surface area (Å²) in [4.78, 5) is 31.7. The van der Waals surface area contributed by atoms with Crippen molar-refractivity contribution in [2.75, 3.05) is 24.3 Å². The number of nitrogens with one attached hydrogen (secondary N) is 3. The molecule has 1 aliphatic heterocycles. The lowest BCUT2D eigenvalue weighted by atomic mass is 9.99. The minimum absolute atomic E-state index is 0.0427. The molecule has 0 fully saturated rings. The first-order valence-electron chi connectivity index (χ1n) is 9.04. The number of fused-ring (bicyclic) bond motifs is 4. The molecule has 0 saturated heterocycles. The molecule has 8 nitrogen and oxygen atoms in total. The Morgan fingerprint density at radius 2 is 2.22 bits per heavy atom. The lowest BCUT2D eigenvalue weighted by molar-refractivity contribution is -0.138. The molecule has 0 aliphatic carbocycles. The van der Waals surface area contributed by atoms with Crippen LogP contribution in [0.2, 0.25) is 0 Å². The van der Waals surface area contributed by atoms with Gasteiger partial charge in [-0.1, -0.05) is 13.3 Å². The molecule has 5 N–H and O–H groups in total. The summed E-state index contributed by atoms with van der Waals surface area (Å²) in [5.74, 6) is 0.193. The van der Waals surface area contributed by atoms with Crippen LogP contribution in [0.4, 0.5) is 11.4 Å². The highest BCUT2D eigenvalue weighted by Gasteiger charge is 2.20. The fraction of sp³-hybridized carbons (Fsp3) is 0.421. The highest BCUT2D eigenvalue weighted by molar-refractivity contribution is 5.97. The molecule has 2 aromatic rings. The first-order valence-corrected chi connectivity index (χ1v) is 9.04. The van der Waals surface area contributed by atoms with Gasteiger partial charge in [0.15, 0.2) is 0 Å². The van der Waals surface area contributed by atoms with Gasteiger partial charge in [0.05, 0.1) is 24.5 Å². The number of ether oxygens (including phenoxy) is 1. The molecule has 2 heterocycles. The Hall–Kier alpha value is -2.87. The smallest absolute Gasteiger partial charge is 0.325 e. The lowest BCUT2D eigenvalue weighted by Gasteiger charge is -2.17. The molecule has 2 atom stereocenters. The van der Waals surface area contributed by atoms with Crippen molar-refractivity contribution < 1.29 is 14.3 Å². The van der Waals surface area contributed by atoms with Gasteiger partial charge in [0.2, 0.25) is 5.91 Å². The number of amides is 1. The lowest BCUT2D eigenvalue weighted by Crippen LogP contribution is -2.22. The number of benzene rings is 1. The Morgan fingerprint density at radius 1 is 1.41 bits per heavy atom. The van der Waals surface area contributed by atoms with Crippen molar-refractivity contribution in [2.24, 2.45) is 11.7 Å². The van der Waals surface area contributed by atoms with Gasteiger partial charge >= 0.3 is 5.97 Å². The van der Waals surface area contributed by atoms with Gasteiger partial charge < -0.3 is 26.1 Å².